The van der Waals surface area contributed by atoms with E-state index >= 15 is 0 Å². The van der Waals surface area contributed by atoms with Crippen LogP contribution in [0.2, 0.25) is 0 Å². The maximum absolute atomic E-state index is 12.9. The maximum atomic E-state index is 12.9. The molecule has 13 heteroatoms. The van der Waals surface area contributed by atoms with Crippen molar-refractivity contribution in [3.63, 3.8) is 0 Å². The topological polar surface area (TPSA) is 134 Å². The first-order valence-electron chi connectivity index (χ1n) is 13.1. The Morgan fingerprint density at radius 2 is 1.44 bits per heavy atom. The van der Waals surface area contributed by atoms with E-state index in [4.69, 9.17) is 9.47 Å². The number of carbonyl (C=O) groups excluding carboxylic acids is 1. The number of carbonyl (C=O) groups is 1. The molecule has 0 aliphatic carbocycles. The van der Waals surface area contributed by atoms with Gasteiger partial charge in [0.2, 0.25) is 10.0 Å². The lowest BCUT2D eigenvalue weighted by molar-refractivity contribution is -0.118. The van der Waals surface area contributed by atoms with Gasteiger partial charge in [0, 0.05) is 37.6 Å². The van der Waals surface area contributed by atoms with Crippen molar-refractivity contribution in [3.05, 3.63) is 72.3 Å². The minimum Gasteiger partial charge on any atom is -0.494 e. The SMILES string of the molecule is CCOc1ccc(NS(=O)(=O)c2ccc(OCC(=O)Nc3ccc(S(=O)(=O)N4CCN(C)CC4)cc3)c(C)c2)cc1. The lowest BCUT2D eigenvalue weighted by atomic mass is 10.2. The maximum Gasteiger partial charge on any atom is 0.262 e. The van der Waals surface area contributed by atoms with Crippen molar-refractivity contribution in [1.29, 1.82) is 0 Å². The highest BCUT2D eigenvalue weighted by Crippen LogP contribution is 2.25. The predicted molar refractivity (Wildman–Crippen MR) is 156 cm³/mol. The second-order valence-electron chi connectivity index (χ2n) is 9.56. The van der Waals surface area contributed by atoms with Crippen molar-refractivity contribution in [3.8, 4) is 11.5 Å². The van der Waals surface area contributed by atoms with Crippen LogP contribution in [0.3, 0.4) is 0 Å². The first-order chi connectivity index (χ1) is 19.5. The van der Waals surface area contributed by atoms with E-state index in [0.29, 0.717) is 61.2 Å². The zero-order valence-corrected chi connectivity index (χ0v) is 24.8. The molecule has 3 aromatic carbocycles. The molecule has 0 aromatic heterocycles. The van der Waals surface area contributed by atoms with Crippen molar-refractivity contribution in [2.24, 2.45) is 0 Å². The Balaban J connectivity index is 1.32. The number of ether oxygens (including phenoxy) is 2. The van der Waals surface area contributed by atoms with Gasteiger partial charge in [0.25, 0.3) is 15.9 Å². The number of anilines is 2. The van der Waals surface area contributed by atoms with E-state index in [1.165, 1.54) is 46.8 Å². The van der Waals surface area contributed by atoms with Gasteiger partial charge in [-0.2, -0.15) is 4.31 Å². The number of likely N-dealkylation sites (N-methyl/N-ethyl adjacent to an activating group) is 1. The number of hydrogen-bond acceptors (Lipinski definition) is 8. The Bertz CT molecular complexity index is 1570. The summed E-state index contributed by atoms with van der Waals surface area (Å²) in [6.07, 6.45) is 0. The first-order valence-corrected chi connectivity index (χ1v) is 16.0. The molecule has 11 nitrogen and oxygen atoms in total. The van der Waals surface area contributed by atoms with Gasteiger partial charge in [0.1, 0.15) is 11.5 Å². The van der Waals surface area contributed by atoms with Crippen LogP contribution in [0.25, 0.3) is 0 Å². The van der Waals surface area contributed by atoms with Gasteiger partial charge in [-0.15, -0.1) is 0 Å². The molecule has 0 spiro atoms. The third-order valence-electron chi connectivity index (χ3n) is 6.47. The second kappa shape index (κ2) is 12.9. The molecule has 0 unspecified atom stereocenters. The smallest absolute Gasteiger partial charge is 0.262 e. The number of sulfonamides is 2. The Morgan fingerprint density at radius 1 is 0.829 bits per heavy atom. The summed E-state index contributed by atoms with van der Waals surface area (Å²) in [5.41, 5.74) is 1.35. The summed E-state index contributed by atoms with van der Waals surface area (Å²) < 4.78 is 66.4. The van der Waals surface area contributed by atoms with Crippen LogP contribution < -0.4 is 19.5 Å². The molecular formula is C28H34N4O7S2. The third-order valence-corrected chi connectivity index (χ3v) is 9.76. The predicted octanol–water partition coefficient (Wildman–Crippen LogP) is 3.15. The van der Waals surface area contributed by atoms with Crippen LogP contribution in [0.15, 0.2) is 76.5 Å². The van der Waals surface area contributed by atoms with Crippen LogP contribution in [0.1, 0.15) is 12.5 Å². The van der Waals surface area contributed by atoms with Gasteiger partial charge in [0.05, 0.1) is 16.4 Å². The van der Waals surface area contributed by atoms with E-state index in [1.807, 2.05) is 14.0 Å². The quantitative estimate of drug-likeness (QED) is 0.342. The van der Waals surface area contributed by atoms with Crippen LogP contribution in [0.5, 0.6) is 11.5 Å². The Hall–Kier alpha value is -3.65. The number of nitrogens with zero attached hydrogens (tertiary/aromatic N) is 2. The first kappa shape index (κ1) is 30.3. The zero-order valence-electron chi connectivity index (χ0n) is 23.2. The minimum absolute atomic E-state index is 0.0484. The van der Waals surface area contributed by atoms with E-state index in [9.17, 15) is 21.6 Å². The van der Waals surface area contributed by atoms with Crippen molar-refractivity contribution < 1.29 is 31.1 Å². The lowest BCUT2D eigenvalue weighted by Gasteiger charge is -2.31. The molecule has 1 heterocycles. The molecule has 41 heavy (non-hydrogen) atoms. The van der Waals surface area contributed by atoms with Crippen LogP contribution in [-0.2, 0) is 24.8 Å². The van der Waals surface area contributed by atoms with E-state index in [2.05, 4.69) is 14.9 Å². The van der Waals surface area contributed by atoms with E-state index in [1.54, 1.807) is 31.2 Å². The Kier molecular flexibility index (Phi) is 9.53. The molecule has 220 valence electrons. The van der Waals surface area contributed by atoms with Crippen LogP contribution in [0.4, 0.5) is 11.4 Å². The van der Waals surface area contributed by atoms with Gasteiger partial charge in [-0.1, -0.05) is 0 Å². The summed E-state index contributed by atoms with van der Waals surface area (Å²) in [6.45, 7) is 5.95. The second-order valence-corrected chi connectivity index (χ2v) is 13.2. The fraction of sp³-hybridized carbons (Fsp3) is 0.321. The molecule has 1 aliphatic rings. The van der Waals surface area contributed by atoms with Crippen molar-refractivity contribution in [2.75, 3.05) is 56.5 Å². The molecule has 1 aliphatic heterocycles. The van der Waals surface area contributed by atoms with Crippen molar-refractivity contribution in [2.45, 2.75) is 23.6 Å². The Morgan fingerprint density at radius 3 is 2.05 bits per heavy atom. The Labute approximate surface area is 241 Å². The summed E-state index contributed by atoms with van der Waals surface area (Å²) in [5, 5.41) is 2.68. The van der Waals surface area contributed by atoms with E-state index in [-0.39, 0.29) is 16.4 Å². The molecule has 0 radical (unpaired) electrons. The minimum atomic E-state index is -3.85. The fourth-order valence-electron chi connectivity index (χ4n) is 4.18. The highest BCUT2D eigenvalue weighted by atomic mass is 32.2. The average molecular weight is 603 g/mol. The molecule has 3 aromatic rings. The molecule has 0 atom stereocenters. The average Bonchev–Trinajstić information content (AvgIpc) is 2.94. The van der Waals surface area contributed by atoms with Gasteiger partial charge >= 0.3 is 0 Å². The monoisotopic (exact) mass is 602 g/mol. The number of rotatable bonds is 11. The zero-order chi connectivity index (χ0) is 29.6. The van der Waals surface area contributed by atoms with Gasteiger partial charge in [-0.05, 0) is 93.2 Å². The summed E-state index contributed by atoms with van der Waals surface area (Å²) in [7, 11) is -5.49. The van der Waals surface area contributed by atoms with Gasteiger partial charge < -0.3 is 19.7 Å². The standard InChI is InChI=1S/C28H34N4O7S2/c1-4-38-24-9-5-23(6-10-24)30-40(34,35)26-13-14-27(21(2)19-26)39-20-28(33)29-22-7-11-25(12-8-22)41(36,37)32-17-15-31(3)16-18-32/h5-14,19,30H,4,15-18,20H2,1-3H3,(H,29,33). The van der Waals surface area contributed by atoms with Gasteiger partial charge in [0.15, 0.2) is 6.61 Å². The molecular weight excluding hydrogens is 568 g/mol. The largest absolute Gasteiger partial charge is 0.494 e. The molecule has 1 amide bonds. The molecule has 0 saturated carbocycles. The third kappa shape index (κ3) is 7.76. The number of amides is 1. The number of hydrogen-bond donors (Lipinski definition) is 2. The summed E-state index contributed by atoms with van der Waals surface area (Å²) in [5.74, 6) is 0.546. The molecule has 2 N–H and O–H groups in total. The van der Waals surface area contributed by atoms with E-state index in [0.717, 1.165) is 0 Å². The summed E-state index contributed by atoms with van der Waals surface area (Å²) >= 11 is 0. The molecule has 1 saturated heterocycles. The molecule has 0 bridgehead atoms. The number of piperazine rings is 1. The highest BCUT2D eigenvalue weighted by Gasteiger charge is 2.27. The van der Waals surface area contributed by atoms with Crippen molar-refractivity contribution in [1.82, 2.24) is 9.21 Å². The number of benzene rings is 3. The molecule has 4 rings (SSSR count). The fourth-order valence-corrected chi connectivity index (χ4v) is 6.74. The summed E-state index contributed by atoms with van der Waals surface area (Å²) in [4.78, 5) is 14.8. The highest BCUT2D eigenvalue weighted by molar-refractivity contribution is 7.92. The molecule has 1 fully saturated rings. The number of nitrogens with one attached hydrogen (secondary N) is 2. The van der Waals surface area contributed by atoms with E-state index < -0.39 is 26.0 Å². The van der Waals surface area contributed by atoms with Gasteiger partial charge in [-0.25, -0.2) is 16.8 Å². The lowest BCUT2D eigenvalue weighted by Crippen LogP contribution is -2.46. The van der Waals surface area contributed by atoms with Gasteiger partial charge in [-0.3, -0.25) is 9.52 Å². The van der Waals surface area contributed by atoms with Crippen LogP contribution >= 0.6 is 0 Å². The van der Waals surface area contributed by atoms with Crippen LogP contribution in [-0.4, -0.2) is 78.4 Å². The normalized spacial score (nSPS) is 14.8. The van der Waals surface area contributed by atoms with Crippen molar-refractivity contribution >= 4 is 37.3 Å². The number of aryl methyl sites for hydroxylation is 1. The van der Waals surface area contributed by atoms with Crippen LogP contribution in [0, 0.1) is 6.92 Å². The summed E-state index contributed by atoms with van der Waals surface area (Å²) in [6, 6.07) is 16.9.